The van der Waals surface area contributed by atoms with Gasteiger partial charge in [-0.1, -0.05) is 12.5 Å². The third kappa shape index (κ3) is 1.44. The highest BCUT2D eigenvalue weighted by molar-refractivity contribution is 5.85. The number of nitriles is 1. The van der Waals surface area contributed by atoms with E-state index >= 15 is 0 Å². The number of hydrogen-bond acceptors (Lipinski definition) is 3. The number of piperidine rings is 1. The third-order valence-electron chi connectivity index (χ3n) is 5.08. The van der Waals surface area contributed by atoms with Gasteiger partial charge in [-0.2, -0.15) is 5.26 Å². The molecule has 0 spiro atoms. The van der Waals surface area contributed by atoms with Crippen molar-refractivity contribution in [3.8, 4) is 6.07 Å². The number of carbonyl (C=O) groups is 1. The summed E-state index contributed by atoms with van der Waals surface area (Å²) in [6.45, 7) is 3.84. The van der Waals surface area contributed by atoms with Gasteiger partial charge in [0.15, 0.2) is 0 Å². The summed E-state index contributed by atoms with van der Waals surface area (Å²) in [5.41, 5.74) is 5.96. The van der Waals surface area contributed by atoms with Crippen molar-refractivity contribution in [3.63, 3.8) is 0 Å². The fourth-order valence-electron chi connectivity index (χ4n) is 3.52. The smallest absolute Gasteiger partial charge is 0.241 e. The summed E-state index contributed by atoms with van der Waals surface area (Å²) in [5, 5.41) is 9.13. The number of amides is 1. The van der Waals surface area contributed by atoms with Crippen LogP contribution in [0.15, 0.2) is 12.7 Å². The Morgan fingerprint density at radius 1 is 1.56 bits per heavy atom. The van der Waals surface area contributed by atoms with Crippen molar-refractivity contribution in [3.05, 3.63) is 12.7 Å². The van der Waals surface area contributed by atoms with E-state index in [4.69, 9.17) is 11.0 Å². The lowest BCUT2D eigenvalue weighted by atomic mass is 9.64. The quantitative estimate of drug-likeness (QED) is 0.759. The van der Waals surface area contributed by atoms with Crippen molar-refractivity contribution < 1.29 is 4.79 Å². The second-order valence-electron chi connectivity index (χ2n) is 5.96. The minimum atomic E-state index is -0.515. The Bertz CT molecular complexity index is 435. The summed E-state index contributed by atoms with van der Waals surface area (Å²) in [5.74, 6) is 0.512. The van der Waals surface area contributed by atoms with Gasteiger partial charge in [0, 0.05) is 11.5 Å². The number of carbonyl (C=O) groups excluding carboxylic acids is 1. The van der Waals surface area contributed by atoms with Gasteiger partial charge >= 0.3 is 0 Å². The summed E-state index contributed by atoms with van der Waals surface area (Å²) >= 11 is 0. The van der Waals surface area contributed by atoms with Crippen LogP contribution in [0.25, 0.3) is 0 Å². The first kappa shape index (κ1) is 11.7. The highest BCUT2D eigenvalue weighted by Gasteiger charge is 2.56. The molecule has 0 aromatic carbocycles. The van der Waals surface area contributed by atoms with Crippen molar-refractivity contribution in [2.75, 3.05) is 0 Å². The molecule has 3 aliphatic rings. The van der Waals surface area contributed by atoms with Gasteiger partial charge in [-0.05, 0) is 31.6 Å². The van der Waals surface area contributed by atoms with E-state index in [9.17, 15) is 4.79 Å². The number of nitrogens with zero attached hydrogens (tertiary/aromatic N) is 2. The Labute approximate surface area is 107 Å². The number of nitrogens with two attached hydrogens (primary N) is 1. The van der Waals surface area contributed by atoms with Crippen LogP contribution in [0.5, 0.6) is 0 Å². The highest BCUT2D eigenvalue weighted by atomic mass is 16.2. The van der Waals surface area contributed by atoms with Crippen molar-refractivity contribution in [2.24, 2.45) is 17.1 Å². The van der Waals surface area contributed by atoms with Crippen molar-refractivity contribution in [1.82, 2.24) is 4.90 Å². The zero-order valence-corrected chi connectivity index (χ0v) is 10.5. The van der Waals surface area contributed by atoms with Crippen LogP contribution in [0.4, 0.5) is 0 Å². The van der Waals surface area contributed by atoms with Crippen LogP contribution in [0, 0.1) is 22.7 Å². The lowest BCUT2D eigenvalue weighted by Gasteiger charge is -2.44. The van der Waals surface area contributed by atoms with Crippen molar-refractivity contribution in [1.29, 1.82) is 5.26 Å². The Hall–Kier alpha value is -1.34. The van der Waals surface area contributed by atoms with E-state index in [0.29, 0.717) is 5.92 Å². The van der Waals surface area contributed by atoms with E-state index in [-0.39, 0.29) is 23.4 Å². The average molecular weight is 245 g/mol. The van der Waals surface area contributed by atoms with E-state index in [2.05, 4.69) is 12.6 Å². The molecular formula is C14H19N3O. The summed E-state index contributed by atoms with van der Waals surface area (Å²) in [4.78, 5) is 14.3. The maximum Gasteiger partial charge on any atom is 0.241 e. The van der Waals surface area contributed by atoms with Gasteiger partial charge in [0.2, 0.25) is 5.91 Å². The normalized spacial score (nSPS) is 37.1. The summed E-state index contributed by atoms with van der Waals surface area (Å²) < 4.78 is 0. The number of rotatable bonds is 3. The molecule has 4 heteroatoms. The lowest BCUT2D eigenvalue weighted by molar-refractivity contribution is -0.137. The summed E-state index contributed by atoms with van der Waals surface area (Å²) in [6.07, 6.45) is 6.74. The Morgan fingerprint density at radius 2 is 2.28 bits per heavy atom. The first-order valence-corrected chi connectivity index (χ1v) is 6.74. The van der Waals surface area contributed by atoms with Gasteiger partial charge in [0.1, 0.15) is 6.04 Å². The predicted molar refractivity (Wildman–Crippen MR) is 67.2 cm³/mol. The van der Waals surface area contributed by atoms with Gasteiger partial charge in [0.05, 0.1) is 12.1 Å². The Kier molecular flexibility index (Phi) is 2.49. The molecule has 3 fully saturated rings. The van der Waals surface area contributed by atoms with Crippen molar-refractivity contribution >= 4 is 5.91 Å². The molecule has 3 rings (SSSR count). The number of hydrogen-bond donors (Lipinski definition) is 1. The third-order valence-corrected chi connectivity index (χ3v) is 5.08. The van der Waals surface area contributed by atoms with Crippen LogP contribution in [0.2, 0.25) is 0 Å². The van der Waals surface area contributed by atoms with E-state index in [1.165, 1.54) is 0 Å². The highest BCUT2D eigenvalue weighted by Crippen LogP contribution is 2.50. The minimum absolute atomic E-state index is 0.0360. The SMILES string of the molecule is C=CC1([C@H](N)C(=O)N2[C@H](C#N)C[C@@H]3C[C@@H]32)CCC1. The van der Waals surface area contributed by atoms with Gasteiger partial charge in [-0.15, -0.1) is 6.58 Å². The van der Waals surface area contributed by atoms with Crippen LogP contribution in [0.3, 0.4) is 0 Å². The standard InChI is InChI=1S/C14H19N3O/c1-2-14(4-3-5-14)12(16)13(18)17-10(8-15)6-9-7-11(9)17/h2,9-12H,1,3-7,16H2/t9-,10+,11+,12-/m1/s1. The van der Waals surface area contributed by atoms with Crippen LogP contribution in [0.1, 0.15) is 32.1 Å². The van der Waals surface area contributed by atoms with Crippen LogP contribution in [-0.2, 0) is 4.79 Å². The van der Waals surface area contributed by atoms with Crippen LogP contribution >= 0.6 is 0 Å². The second-order valence-corrected chi connectivity index (χ2v) is 5.96. The molecule has 2 N–H and O–H groups in total. The molecule has 1 amide bonds. The predicted octanol–water partition coefficient (Wildman–Crippen LogP) is 1.18. The molecule has 0 radical (unpaired) electrons. The molecular weight excluding hydrogens is 226 g/mol. The first-order chi connectivity index (χ1) is 8.63. The largest absolute Gasteiger partial charge is 0.322 e. The number of likely N-dealkylation sites (tertiary alicyclic amines) is 1. The maximum atomic E-state index is 12.6. The topological polar surface area (TPSA) is 70.1 Å². The average Bonchev–Trinajstić information content (AvgIpc) is 2.99. The van der Waals surface area contributed by atoms with E-state index in [1.807, 2.05) is 6.08 Å². The molecule has 4 atom stereocenters. The minimum Gasteiger partial charge on any atom is -0.322 e. The molecule has 1 saturated heterocycles. The monoisotopic (exact) mass is 245 g/mol. The van der Waals surface area contributed by atoms with Gasteiger partial charge < -0.3 is 10.6 Å². The summed E-state index contributed by atoms with van der Waals surface area (Å²) in [6, 6.07) is 1.76. The van der Waals surface area contributed by atoms with Crippen LogP contribution in [-0.4, -0.2) is 28.9 Å². The molecule has 0 unspecified atom stereocenters. The Balaban J connectivity index is 1.78. The molecule has 0 aromatic heterocycles. The number of fused-ring (bicyclic) bond motifs is 1. The molecule has 0 aromatic rings. The van der Waals surface area contributed by atoms with E-state index < -0.39 is 6.04 Å². The van der Waals surface area contributed by atoms with Gasteiger partial charge in [0.25, 0.3) is 0 Å². The van der Waals surface area contributed by atoms with Crippen molar-refractivity contribution in [2.45, 2.75) is 50.2 Å². The second kappa shape index (κ2) is 3.83. The zero-order valence-electron chi connectivity index (χ0n) is 10.5. The molecule has 96 valence electrons. The van der Waals surface area contributed by atoms with E-state index in [1.54, 1.807) is 4.90 Å². The molecule has 4 nitrogen and oxygen atoms in total. The summed E-state index contributed by atoms with van der Waals surface area (Å²) in [7, 11) is 0. The molecule has 1 heterocycles. The maximum absolute atomic E-state index is 12.6. The Morgan fingerprint density at radius 3 is 2.78 bits per heavy atom. The van der Waals surface area contributed by atoms with Gasteiger partial charge in [-0.3, -0.25) is 4.79 Å². The molecule has 0 bridgehead atoms. The fourth-order valence-corrected chi connectivity index (χ4v) is 3.52. The molecule has 2 saturated carbocycles. The van der Waals surface area contributed by atoms with Gasteiger partial charge in [-0.25, -0.2) is 0 Å². The fraction of sp³-hybridized carbons (Fsp3) is 0.714. The lowest BCUT2D eigenvalue weighted by Crippen LogP contribution is -2.56. The van der Waals surface area contributed by atoms with E-state index in [0.717, 1.165) is 32.1 Å². The zero-order chi connectivity index (χ0) is 12.9. The first-order valence-electron chi connectivity index (χ1n) is 6.74. The molecule has 1 aliphatic heterocycles. The molecule has 2 aliphatic carbocycles. The van der Waals surface area contributed by atoms with Crippen LogP contribution < -0.4 is 5.73 Å². The molecule has 18 heavy (non-hydrogen) atoms.